The van der Waals surface area contributed by atoms with E-state index < -0.39 is 22.9 Å². The number of carboxylic acid groups (broad SMARTS) is 1. The van der Waals surface area contributed by atoms with Crippen molar-refractivity contribution in [2.45, 2.75) is 6.92 Å². The van der Waals surface area contributed by atoms with Gasteiger partial charge >= 0.3 is 29.6 Å². The molecule has 0 bridgehead atoms. The molecule has 5 nitrogen and oxygen atoms in total. The predicted molar refractivity (Wildman–Crippen MR) is 58.9 cm³/mol. The van der Waals surface area contributed by atoms with Gasteiger partial charge in [-0.25, -0.2) is 9.07 Å². The van der Waals surface area contributed by atoms with Gasteiger partial charge in [0, 0.05) is 11.8 Å². The predicted octanol–water partition coefficient (Wildman–Crippen LogP) is -2.95. The normalized spacial score (nSPS) is 9.79. The molecule has 1 aromatic heterocycles. The molecule has 0 aliphatic heterocycles. The second kappa shape index (κ2) is 6.10. The van der Waals surface area contributed by atoms with E-state index in [1.165, 1.54) is 22.9 Å². The first kappa shape index (κ1) is 15.6. The van der Waals surface area contributed by atoms with Crippen molar-refractivity contribution in [2.75, 3.05) is 0 Å². The van der Waals surface area contributed by atoms with Crippen molar-refractivity contribution < 1.29 is 43.8 Å². The number of carbonyl (C=O) groups is 1. The molecule has 0 saturated heterocycles. The Labute approximate surface area is 130 Å². The van der Waals surface area contributed by atoms with Crippen molar-refractivity contribution in [3.63, 3.8) is 0 Å². The summed E-state index contributed by atoms with van der Waals surface area (Å²) >= 11 is 0. The standard InChI is InChI=1S/C12H9FN2O3.Na/c1-7-5-10(16)11(12(17)18)14-15(7)9-4-2-3-8(13)6-9;/h2-6H,1H3,(H,17,18);/q;+1/p-1. The zero-order chi connectivity index (χ0) is 13.3. The molecule has 0 unspecified atom stereocenters. The van der Waals surface area contributed by atoms with E-state index in [2.05, 4.69) is 5.10 Å². The summed E-state index contributed by atoms with van der Waals surface area (Å²) in [4.78, 5) is 22.1. The van der Waals surface area contributed by atoms with Crippen LogP contribution in [0.1, 0.15) is 16.2 Å². The van der Waals surface area contributed by atoms with Crippen molar-refractivity contribution in [3.8, 4) is 5.69 Å². The number of rotatable bonds is 2. The summed E-state index contributed by atoms with van der Waals surface area (Å²) in [6.07, 6.45) is 0. The van der Waals surface area contributed by atoms with Crippen LogP contribution in [0.2, 0.25) is 0 Å². The second-order valence-corrected chi connectivity index (χ2v) is 3.68. The number of halogens is 1. The van der Waals surface area contributed by atoms with Gasteiger partial charge in [-0.05, 0) is 25.1 Å². The summed E-state index contributed by atoms with van der Waals surface area (Å²) in [7, 11) is 0. The van der Waals surface area contributed by atoms with Crippen LogP contribution >= 0.6 is 0 Å². The first-order valence-corrected chi connectivity index (χ1v) is 5.07. The average molecular weight is 270 g/mol. The number of carbonyl (C=O) groups excluding carboxylic acids is 1. The smallest absolute Gasteiger partial charge is 0.543 e. The minimum Gasteiger partial charge on any atom is -0.543 e. The fourth-order valence-electron chi connectivity index (χ4n) is 1.56. The molecule has 0 aliphatic carbocycles. The van der Waals surface area contributed by atoms with E-state index in [4.69, 9.17) is 0 Å². The van der Waals surface area contributed by atoms with E-state index in [-0.39, 0.29) is 29.6 Å². The molecular formula is C12H8FN2NaO3. The van der Waals surface area contributed by atoms with Crippen LogP contribution in [0.5, 0.6) is 0 Å². The SMILES string of the molecule is Cc1cc(=O)c(C(=O)[O-])nn1-c1cccc(F)c1.[Na+]. The quantitative estimate of drug-likeness (QED) is 0.547. The maximum atomic E-state index is 13.1. The third-order valence-electron chi connectivity index (χ3n) is 2.35. The summed E-state index contributed by atoms with van der Waals surface area (Å²) in [5, 5.41) is 14.4. The molecule has 0 spiro atoms. The van der Waals surface area contributed by atoms with E-state index in [9.17, 15) is 19.1 Å². The molecule has 0 aliphatic rings. The largest absolute Gasteiger partial charge is 1.00 e. The van der Waals surface area contributed by atoms with Crippen molar-refractivity contribution in [1.82, 2.24) is 9.78 Å². The molecule has 92 valence electrons. The van der Waals surface area contributed by atoms with Crippen molar-refractivity contribution in [1.29, 1.82) is 0 Å². The number of hydrogen-bond acceptors (Lipinski definition) is 4. The maximum Gasteiger partial charge on any atom is 1.00 e. The summed E-state index contributed by atoms with van der Waals surface area (Å²) in [5.41, 5.74) is -0.712. The zero-order valence-corrected chi connectivity index (χ0v) is 12.4. The molecule has 1 heterocycles. The number of aromatic carboxylic acids is 1. The zero-order valence-electron chi connectivity index (χ0n) is 10.4. The van der Waals surface area contributed by atoms with Gasteiger partial charge in [0.2, 0.25) is 5.43 Å². The topological polar surface area (TPSA) is 75.0 Å². The minimum absolute atomic E-state index is 0. The molecule has 1 aromatic carbocycles. The molecule has 0 N–H and O–H groups in total. The van der Waals surface area contributed by atoms with Gasteiger partial charge in [0.05, 0.1) is 11.7 Å². The number of nitrogens with zero attached hydrogens (tertiary/aromatic N) is 2. The molecule has 19 heavy (non-hydrogen) atoms. The van der Waals surface area contributed by atoms with Gasteiger partial charge in [0.1, 0.15) is 5.82 Å². The van der Waals surface area contributed by atoms with Crippen molar-refractivity contribution >= 4 is 5.97 Å². The number of aryl methyl sites for hydroxylation is 1. The van der Waals surface area contributed by atoms with Gasteiger partial charge in [-0.1, -0.05) is 6.07 Å². The van der Waals surface area contributed by atoms with Crippen LogP contribution in [0.4, 0.5) is 4.39 Å². The molecule has 0 atom stereocenters. The monoisotopic (exact) mass is 270 g/mol. The van der Waals surface area contributed by atoms with Gasteiger partial charge < -0.3 is 9.90 Å². The van der Waals surface area contributed by atoms with Gasteiger partial charge in [-0.2, -0.15) is 5.10 Å². The molecule has 2 aromatic rings. The molecule has 0 fully saturated rings. The Morgan fingerprint density at radius 2 is 2.05 bits per heavy atom. The summed E-state index contributed by atoms with van der Waals surface area (Å²) in [6, 6.07) is 6.56. The van der Waals surface area contributed by atoms with Gasteiger partial charge in [0.25, 0.3) is 0 Å². The fourth-order valence-corrected chi connectivity index (χ4v) is 1.56. The first-order chi connectivity index (χ1) is 8.49. The summed E-state index contributed by atoms with van der Waals surface area (Å²) < 4.78 is 14.3. The molecule has 0 amide bonds. The molecule has 0 radical (unpaired) electrons. The van der Waals surface area contributed by atoms with Crippen LogP contribution in [0.25, 0.3) is 5.69 Å². The fraction of sp³-hybridized carbons (Fsp3) is 0.0833. The van der Waals surface area contributed by atoms with Crippen LogP contribution in [-0.2, 0) is 0 Å². The minimum atomic E-state index is -1.66. The Morgan fingerprint density at radius 1 is 1.37 bits per heavy atom. The van der Waals surface area contributed by atoms with Gasteiger partial charge in [-0.3, -0.25) is 4.79 Å². The van der Waals surface area contributed by atoms with Gasteiger partial charge in [0.15, 0.2) is 5.69 Å². The van der Waals surface area contributed by atoms with E-state index in [0.717, 1.165) is 6.07 Å². The van der Waals surface area contributed by atoms with Crippen LogP contribution < -0.4 is 40.1 Å². The van der Waals surface area contributed by atoms with Crippen LogP contribution in [0.3, 0.4) is 0 Å². The molecule has 2 rings (SSSR count). The Bertz CT molecular complexity index is 685. The Balaban J connectivity index is 0.00000180. The Morgan fingerprint density at radius 3 is 2.63 bits per heavy atom. The van der Waals surface area contributed by atoms with E-state index in [0.29, 0.717) is 11.4 Å². The molecule has 0 saturated carbocycles. The number of hydrogen-bond donors (Lipinski definition) is 0. The van der Waals surface area contributed by atoms with E-state index in [1.807, 2.05) is 0 Å². The molecular weight excluding hydrogens is 262 g/mol. The van der Waals surface area contributed by atoms with Crippen LogP contribution in [0.15, 0.2) is 35.1 Å². The van der Waals surface area contributed by atoms with Crippen molar-refractivity contribution in [2.24, 2.45) is 0 Å². The summed E-state index contributed by atoms with van der Waals surface area (Å²) in [5.74, 6) is -2.15. The second-order valence-electron chi connectivity index (χ2n) is 3.68. The average Bonchev–Trinajstić information content (AvgIpc) is 2.28. The Kier molecular flexibility index (Phi) is 4.99. The van der Waals surface area contributed by atoms with Crippen molar-refractivity contribution in [3.05, 3.63) is 57.8 Å². The number of benzene rings is 1. The van der Waals surface area contributed by atoms with Crippen LogP contribution in [0, 0.1) is 12.7 Å². The third-order valence-corrected chi connectivity index (χ3v) is 2.35. The van der Waals surface area contributed by atoms with Gasteiger partial charge in [-0.15, -0.1) is 0 Å². The maximum absolute atomic E-state index is 13.1. The van der Waals surface area contributed by atoms with E-state index >= 15 is 0 Å². The van der Waals surface area contributed by atoms with Crippen LogP contribution in [-0.4, -0.2) is 15.7 Å². The summed E-state index contributed by atoms with van der Waals surface area (Å²) in [6.45, 7) is 1.57. The first-order valence-electron chi connectivity index (χ1n) is 5.07. The number of carboxylic acids is 1. The Hall–Kier alpha value is -1.50. The number of aromatic nitrogens is 2. The third kappa shape index (κ3) is 3.28. The van der Waals surface area contributed by atoms with E-state index in [1.54, 1.807) is 13.0 Å². The molecule has 7 heteroatoms.